The van der Waals surface area contributed by atoms with Gasteiger partial charge in [0, 0.05) is 31.7 Å². The Morgan fingerprint density at radius 2 is 2.10 bits per heavy atom. The van der Waals surface area contributed by atoms with Crippen molar-refractivity contribution in [1.82, 2.24) is 10.2 Å². The van der Waals surface area contributed by atoms with E-state index in [1.165, 1.54) is 37.8 Å². The highest BCUT2D eigenvalue weighted by Gasteiger charge is 2.37. The average molecular weight is 276 g/mol. The molecule has 0 bridgehead atoms. The van der Waals surface area contributed by atoms with Gasteiger partial charge in [0.2, 0.25) is 0 Å². The van der Waals surface area contributed by atoms with Gasteiger partial charge in [-0.1, -0.05) is 18.9 Å². The van der Waals surface area contributed by atoms with Crippen molar-refractivity contribution >= 4 is 0 Å². The van der Waals surface area contributed by atoms with Gasteiger partial charge in [0.1, 0.15) is 5.82 Å². The molecule has 1 N–H and O–H groups in total. The van der Waals surface area contributed by atoms with Crippen LogP contribution in [0.1, 0.15) is 36.8 Å². The largest absolute Gasteiger partial charge is 0.309 e. The molecule has 1 aromatic rings. The van der Waals surface area contributed by atoms with Crippen LogP contribution in [0.2, 0.25) is 0 Å². The van der Waals surface area contributed by atoms with Crippen molar-refractivity contribution < 1.29 is 4.39 Å². The maximum atomic E-state index is 13.1. The Bertz CT molecular complexity index is 466. The lowest BCUT2D eigenvalue weighted by atomic mass is 9.94. The van der Waals surface area contributed by atoms with Crippen LogP contribution in [0.4, 0.5) is 4.39 Å². The first kappa shape index (κ1) is 14.0. The predicted molar refractivity (Wildman–Crippen MR) is 80.5 cm³/mol. The number of rotatable bonds is 3. The van der Waals surface area contributed by atoms with Gasteiger partial charge in [-0.05, 0) is 49.4 Å². The lowest BCUT2D eigenvalue weighted by Gasteiger charge is -2.41. The number of nitrogens with one attached hydrogen (secondary N) is 1. The number of aryl methyl sites for hydroxylation is 1. The third-order valence-electron chi connectivity index (χ3n) is 5.02. The quantitative estimate of drug-likeness (QED) is 0.913. The highest BCUT2D eigenvalue weighted by atomic mass is 19.1. The first-order chi connectivity index (χ1) is 9.67. The summed E-state index contributed by atoms with van der Waals surface area (Å²) in [4.78, 5) is 2.59. The Hall–Kier alpha value is -0.930. The fourth-order valence-electron chi connectivity index (χ4n) is 3.84. The number of hydrogen-bond acceptors (Lipinski definition) is 2. The first-order valence-electron chi connectivity index (χ1n) is 7.89. The number of piperazine rings is 1. The summed E-state index contributed by atoms with van der Waals surface area (Å²) < 4.78 is 13.1. The molecule has 1 saturated carbocycles. The van der Waals surface area contributed by atoms with E-state index in [1.54, 1.807) is 12.1 Å². The van der Waals surface area contributed by atoms with E-state index in [9.17, 15) is 4.39 Å². The fraction of sp³-hybridized carbons (Fsp3) is 0.647. The summed E-state index contributed by atoms with van der Waals surface area (Å²) in [5.41, 5.74) is 2.76. The molecule has 110 valence electrons. The molecular formula is C17H25FN2. The van der Waals surface area contributed by atoms with Gasteiger partial charge in [-0.2, -0.15) is 0 Å². The van der Waals surface area contributed by atoms with E-state index in [2.05, 4.69) is 10.2 Å². The normalized spacial score (nSPS) is 22.5. The minimum atomic E-state index is -0.127. The smallest absolute Gasteiger partial charge is 0.123 e. The molecule has 1 heterocycles. The summed E-state index contributed by atoms with van der Waals surface area (Å²) in [6, 6.07) is 5.17. The molecule has 1 aromatic carbocycles. The number of nitrogens with zero attached hydrogens (tertiary/aromatic N) is 1. The molecule has 2 fully saturated rings. The van der Waals surface area contributed by atoms with Gasteiger partial charge in [0.05, 0.1) is 0 Å². The van der Waals surface area contributed by atoms with E-state index in [4.69, 9.17) is 0 Å². The van der Waals surface area contributed by atoms with Gasteiger partial charge in [-0.3, -0.25) is 4.90 Å². The van der Waals surface area contributed by atoms with E-state index in [0.717, 1.165) is 31.6 Å². The summed E-state index contributed by atoms with van der Waals surface area (Å²) in [6.45, 7) is 6.54. The van der Waals surface area contributed by atoms with Crippen LogP contribution in [-0.2, 0) is 6.42 Å². The second-order valence-electron chi connectivity index (χ2n) is 6.51. The Labute approximate surface area is 121 Å². The summed E-state index contributed by atoms with van der Waals surface area (Å²) in [5.74, 6) is -0.127. The minimum absolute atomic E-state index is 0.127. The lowest BCUT2D eigenvalue weighted by molar-refractivity contribution is 0.136. The van der Waals surface area contributed by atoms with Crippen molar-refractivity contribution in [2.45, 2.75) is 44.6 Å². The third kappa shape index (κ3) is 3.04. The Kier molecular flexibility index (Phi) is 4.08. The second kappa shape index (κ2) is 5.82. The van der Waals surface area contributed by atoms with Gasteiger partial charge in [0.15, 0.2) is 0 Å². The van der Waals surface area contributed by atoms with Crippen LogP contribution < -0.4 is 5.32 Å². The standard InChI is InChI=1S/C17H25FN2/c1-14-12-16(18)5-4-15(14)6-10-20-11-9-19-17(13-20)7-2-3-8-17/h4-5,12,19H,2-3,6-11,13H2,1H3. The van der Waals surface area contributed by atoms with Crippen molar-refractivity contribution in [3.63, 3.8) is 0 Å². The van der Waals surface area contributed by atoms with Crippen molar-refractivity contribution in [2.75, 3.05) is 26.2 Å². The zero-order valence-corrected chi connectivity index (χ0v) is 12.4. The van der Waals surface area contributed by atoms with Crippen LogP contribution in [0.25, 0.3) is 0 Å². The van der Waals surface area contributed by atoms with E-state index >= 15 is 0 Å². The van der Waals surface area contributed by atoms with Crippen molar-refractivity contribution in [3.8, 4) is 0 Å². The summed E-state index contributed by atoms with van der Waals surface area (Å²) in [6.07, 6.45) is 6.44. The molecule has 1 spiro atoms. The Morgan fingerprint density at radius 3 is 2.85 bits per heavy atom. The zero-order chi connectivity index (χ0) is 14.0. The fourth-order valence-corrected chi connectivity index (χ4v) is 3.84. The molecular weight excluding hydrogens is 251 g/mol. The van der Waals surface area contributed by atoms with Crippen LogP contribution in [0.5, 0.6) is 0 Å². The molecule has 3 rings (SSSR count). The van der Waals surface area contributed by atoms with Gasteiger partial charge >= 0.3 is 0 Å². The van der Waals surface area contributed by atoms with E-state index in [0.29, 0.717) is 5.54 Å². The molecule has 0 unspecified atom stereocenters. The average Bonchev–Trinajstić information content (AvgIpc) is 2.86. The van der Waals surface area contributed by atoms with Crippen molar-refractivity contribution in [1.29, 1.82) is 0 Å². The number of benzene rings is 1. The molecule has 20 heavy (non-hydrogen) atoms. The van der Waals surface area contributed by atoms with Crippen LogP contribution in [0, 0.1) is 12.7 Å². The SMILES string of the molecule is Cc1cc(F)ccc1CCN1CCNC2(CCCC2)C1. The molecule has 1 saturated heterocycles. The minimum Gasteiger partial charge on any atom is -0.309 e. The maximum Gasteiger partial charge on any atom is 0.123 e. The van der Waals surface area contributed by atoms with Crippen LogP contribution in [0.15, 0.2) is 18.2 Å². The van der Waals surface area contributed by atoms with E-state index in [1.807, 2.05) is 13.0 Å². The van der Waals surface area contributed by atoms with Gasteiger partial charge in [0.25, 0.3) is 0 Å². The molecule has 2 nitrogen and oxygen atoms in total. The Balaban J connectivity index is 1.58. The maximum absolute atomic E-state index is 13.1. The summed E-state index contributed by atoms with van der Waals surface area (Å²) in [5, 5.41) is 3.75. The number of halogens is 1. The topological polar surface area (TPSA) is 15.3 Å². The van der Waals surface area contributed by atoms with Gasteiger partial charge in [-0.25, -0.2) is 4.39 Å². The lowest BCUT2D eigenvalue weighted by Crippen LogP contribution is -2.59. The molecule has 0 radical (unpaired) electrons. The monoisotopic (exact) mass is 276 g/mol. The molecule has 3 heteroatoms. The Morgan fingerprint density at radius 1 is 1.30 bits per heavy atom. The molecule has 1 aliphatic carbocycles. The third-order valence-corrected chi connectivity index (χ3v) is 5.02. The van der Waals surface area contributed by atoms with Gasteiger partial charge < -0.3 is 5.32 Å². The van der Waals surface area contributed by atoms with Crippen LogP contribution in [-0.4, -0.2) is 36.6 Å². The highest BCUT2D eigenvalue weighted by Crippen LogP contribution is 2.31. The van der Waals surface area contributed by atoms with Gasteiger partial charge in [-0.15, -0.1) is 0 Å². The molecule has 0 amide bonds. The van der Waals surface area contributed by atoms with E-state index in [-0.39, 0.29) is 5.82 Å². The van der Waals surface area contributed by atoms with Crippen LogP contribution in [0.3, 0.4) is 0 Å². The summed E-state index contributed by atoms with van der Waals surface area (Å²) >= 11 is 0. The molecule has 0 aromatic heterocycles. The number of hydrogen-bond donors (Lipinski definition) is 1. The zero-order valence-electron chi connectivity index (χ0n) is 12.4. The first-order valence-corrected chi connectivity index (χ1v) is 7.89. The van der Waals surface area contributed by atoms with E-state index < -0.39 is 0 Å². The molecule has 2 aliphatic rings. The van der Waals surface area contributed by atoms with Crippen LogP contribution >= 0.6 is 0 Å². The second-order valence-corrected chi connectivity index (χ2v) is 6.51. The van der Waals surface area contributed by atoms with Crippen molar-refractivity contribution in [3.05, 3.63) is 35.1 Å². The highest BCUT2D eigenvalue weighted by molar-refractivity contribution is 5.26. The van der Waals surface area contributed by atoms with Crippen molar-refractivity contribution in [2.24, 2.45) is 0 Å². The molecule has 1 aliphatic heterocycles. The predicted octanol–water partition coefficient (Wildman–Crippen LogP) is 2.89. The summed E-state index contributed by atoms with van der Waals surface area (Å²) in [7, 11) is 0. The molecule has 0 atom stereocenters.